The molecule has 0 amide bonds. The highest BCUT2D eigenvalue weighted by Crippen LogP contribution is 2.41. The van der Waals surface area contributed by atoms with Crippen molar-refractivity contribution in [3.05, 3.63) is 0 Å². The first kappa shape index (κ1) is 32.3. The van der Waals surface area contributed by atoms with E-state index in [9.17, 15) is 19.8 Å². The Hall–Kier alpha value is -0.710. The van der Waals surface area contributed by atoms with Gasteiger partial charge in [-0.3, -0.25) is 0 Å². The monoisotopic (exact) mass is 484 g/mol. The van der Waals surface area contributed by atoms with E-state index in [4.69, 9.17) is 0 Å². The molecule has 0 saturated carbocycles. The molecule has 0 bridgehead atoms. The number of hydrogen-bond donors (Lipinski definition) is 0. The maximum absolute atomic E-state index is 12.0. The zero-order chi connectivity index (χ0) is 25.0. The van der Waals surface area contributed by atoms with Gasteiger partial charge in [-0.05, 0) is 32.6 Å². The van der Waals surface area contributed by atoms with Crippen LogP contribution in [0.1, 0.15) is 150 Å². The van der Waals surface area contributed by atoms with Crippen LogP contribution in [0.2, 0.25) is 0 Å². The fourth-order valence-corrected chi connectivity index (χ4v) is 5.99. The van der Waals surface area contributed by atoms with E-state index in [0.29, 0.717) is 0 Å². The number of carboxylic acids is 2. The van der Waals surface area contributed by atoms with Gasteiger partial charge in [-0.15, -0.1) is 11.8 Å². The van der Waals surface area contributed by atoms with Crippen LogP contribution in [0.3, 0.4) is 0 Å². The van der Waals surface area contributed by atoms with Crippen molar-refractivity contribution in [3.8, 4) is 0 Å². The zero-order valence-corrected chi connectivity index (χ0v) is 22.9. The van der Waals surface area contributed by atoms with Gasteiger partial charge in [0.25, 0.3) is 0 Å². The number of carbonyl (C=O) groups is 2. The lowest BCUT2D eigenvalue weighted by molar-refractivity contribution is -0.310. The lowest BCUT2D eigenvalue weighted by Gasteiger charge is -2.40. The molecule has 0 N–H and O–H groups in total. The zero-order valence-electron chi connectivity index (χ0n) is 22.1. The predicted octanol–water partition coefficient (Wildman–Crippen LogP) is 6.43. The lowest BCUT2D eigenvalue weighted by Crippen LogP contribution is -2.51. The van der Waals surface area contributed by atoms with E-state index in [0.717, 1.165) is 50.3 Å². The van der Waals surface area contributed by atoms with Crippen molar-refractivity contribution in [3.63, 3.8) is 0 Å². The van der Waals surface area contributed by atoms with Crippen LogP contribution in [0.4, 0.5) is 0 Å². The average molecular weight is 485 g/mol. The summed E-state index contributed by atoms with van der Waals surface area (Å²) in [7, 11) is 0. The summed E-state index contributed by atoms with van der Waals surface area (Å²) in [5.41, 5.74) is 0. The number of hydrogen-bond acceptors (Lipinski definition) is 5. The first-order chi connectivity index (χ1) is 15.8. The fourth-order valence-electron chi connectivity index (χ4n) is 4.63. The van der Waals surface area contributed by atoms with Gasteiger partial charge in [-0.2, -0.15) is 0 Å². The van der Waals surface area contributed by atoms with Crippen molar-refractivity contribution >= 4 is 23.7 Å². The Morgan fingerprint density at radius 2 is 1.03 bits per heavy atom. The van der Waals surface area contributed by atoms with Crippen LogP contribution in [-0.4, -0.2) is 21.9 Å². The molecule has 5 heteroatoms. The smallest absolute Gasteiger partial charge is 0.0575 e. The van der Waals surface area contributed by atoms with Crippen molar-refractivity contribution in [2.24, 2.45) is 5.92 Å². The molecule has 0 rings (SSSR count). The third kappa shape index (κ3) is 15.7. The van der Waals surface area contributed by atoms with Crippen LogP contribution in [0.5, 0.6) is 0 Å². The Morgan fingerprint density at radius 3 is 1.39 bits per heavy atom. The van der Waals surface area contributed by atoms with Gasteiger partial charge in [-0.1, -0.05) is 123 Å². The molecule has 0 radical (unpaired) electrons. The molecule has 0 spiro atoms. The van der Waals surface area contributed by atoms with Gasteiger partial charge >= 0.3 is 0 Å². The van der Waals surface area contributed by atoms with Gasteiger partial charge in [0, 0.05) is 5.25 Å². The van der Waals surface area contributed by atoms with Crippen molar-refractivity contribution in [1.29, 1.82) is 0 Å². The molecule has 0 fully saturated rings. The Labute approximate surface area is 209 Å². The van der Waals surface area contributed by atoms with E-state index in [2.05, 4.69) is 13.8 Å². The molecule has 0 aromatic heterocycles. The number of carboxylic acid groups (broad SMARTS) is 2. The van der Waals surface area contributed by atoms with E-state index in [-0.39, 0.29) is 5.92 Å². The third-order valence-corrected chi connectivity index (χ3v) is 8.54. The van der Waals surface area contributed by atoms with E-state index in [1.54, 1.807) is 6.92 Å². The summed E-state index contributed by atoms with van der Waals surface area (Å²) in [6.45, 7) is 7.52. The van der Waals surface area contributed by atoms with Crippen LogP contribution in [0.15, 0.2) is 0 Å². The summed E-state index contributed by atoms with van der Waals surface area (Å²) in [6, 6.07) is 0. The van der Waals surface area contributed by atoms with Crippen molar-refractivity contribution in [2.75, 3.05) is 0 Å². The molecule has 0 saturated heterocycles. The summed E-state index contributed by atoms with van der Waals surface area (Å²) >= 11 is 0.985. The highest BCUT2D eigenvalue weighted by molar-refractivity contribution is 8.02. The molecule has 0 aliphatic heterocycles. The summed E-state index contributed by atoms with van der Waals surface area (Å²) in [6.07, 6.45) is 23.2. The first-order valence-electron chi connectivity index (χ1n) is 13.9. The van der Waals surface area contributed by atoms with Crippen molar-refractivity contribution in [1.82, 2.24) is 0 Å². The molecular formula is C28H52O4S-2. The van der Waals surface area contributed by atoms with Gasteiger partial charge in [-0.25, -0.2) is 0 Å². The Bertz CT molecular complexity index is 496. The molecule has 0 heterocycles. The Morgan fingerprint density at radius 1 is 0.667 bits per heavy atom. The fraction of sp³-hybridized carbons (Fsp3) is 0.929. The van der Waals surface area contributed by atoms with Crippen LogP contribution in [-0.2, 0) is 9.59 Å². The molecule has 0 aliphatic carbocycles. The lowest BCUT2D eigenvalue weighted by atomic mass is 9.84. The molecular weight excluding hydrogens is 432 g/mol. The van der Waals surface area contributed by atoms with Gasteiger partial charge in [0.15, 0.2) is 0 Å². The highest BCUT2D eigenvalue weighted by atomic mass is 32.2. The largest absolute Gasteiger partial charge is 0.549 e. The molecule has 4 nitrogen and oxygen atoms in total. The Balaban J connectivity index is 4.09. The normalized spacial score (nSPS) is 15.2. The van der Waals surface area contributed by atoms with E-state index in [1.165, 1.54) is 90.4 Å². The maximum Gasteiger partial charge on any atom is 0.0575 e. The van der Waals surface area contributed by atoms with Gasteiger partial charge < -0.3 is 19.8 Å². The van der Waals surface area contributed by atoms with Crippen LogP contribution < -0.4 is 10.2 Å². The number of thioether (sulfide) groups is 1. The number of rotatable bonds is 24. The van der Waals surface area contributed by atoms with Gasteiger partial charge in [0.05, 0.1) is 16.7 Å². The van der Waals surface area contributed by atoms with Crippen LogP contribution in [0.25, 0.3) is 0 Å². The minimum atomic E-state index is -1.21. The topological polar surface area (TPSA) is 80.3 Å². The van der Waals surface area contributed by atoms with Crippen molar-refractivity contribution in [2.45, 2.75) is 160 Å². The number of unbranched alkanes of at least 4 members (excludes halogenated alkanes) is 15. The van der Waals surface area contributed by atoms with Gasteiger partial charge in [0.2, 0.25) is 0 Å². The molecule has 0 aromatic rings. The number of aliphatic carboxylic acids is 2. The first-order valence-corrected chi connectivity index (χ1v) is 14.8. The quantitative estimate of drug-likeness (QED) is 0.147. The summed E-state index contributed by atoms with van der Waals surface area (Å²) in [5.74, 6) is -2.44. The van der Waals surface area contributed by atoms with E-state index >= 15 is 0 Å². The molecule has 3 unspecified atom stereocenters. The third-order valence-electron chi connectivity index (χ3n) is 7.00. The highest BCUT2D eigenvalue weighted by Gasteiger charge is 2.37. The molecule has 33 heavy (non-hydrogen) atoms. The van der Waals surface area contributed by atoms with E-state index < -0.39 is 21.9 Å². The van der Waals surface area contributed by atoms with E-state index in [1.807, 2.05) is 0 Å². The minimum absolute atomic E-state index is 0.0729. The molecule has 0 aromatic carbocycles. The molecule has 3 atom stereocenters. The predicted molar refractivity (Wildman–Crippen MR) is 138 cm³/mol. The van der Waals surface area contributed by atoms with Crippen LogP contribution in [0, 0.1) is 5.92 Å². The summed E-state index contributed by atoms with van der Waals surface area (Å²) < 4.78 is -1.19. The maximum atomic E-state index is 12.0. The van der Waals surface area contributed by atoms with Gasteiger partial charge in [0.1, 0.15) is 0 Å². The average Bonchev–Trinajstić information content (AvgIpc) is 2.77. The SMILES string of the molecule is CCCCCCCCCCCCCCCCCC(CCCC)C(C)(SC(C)C(=O)[O-])C(=O)[O-]. The second-order valence-electron chi connectivity index (χ2n) is 10.1. The summed E-state index contributed by atoms with van der Waals surface area (Å²) in [5, 5.41) is 22.3. The Kier molecular flexibility index (Phi) is 20.2. The molecule has 0 aliphatic rings. The van der Waals surface area contributed by atoms with Crippen molar-refractivity contribution < 1.29 is 19.8 Å². The standard InChI is InChI=1S/C28H54O4S/c1-5-7-9-10-11-12-13-14-15-16-17-18-19-20-21-23-25(22-8-6-2)28(4,27(31)32)33-24(3)26(29)30/h24-25H,5-23H2,1-4H3,(H,29,30)(H,31,32)/p-2. The van der Waals surface area contributed by atoms with Crippen LogP contribution >= 0.6 is 11.8 Å². The minimum Gasteiger partial charge on any atom is -0.549 e. The molecule has 196 valence electrons. The summed E-state index contributed by atoms with van der Waals surface area (Å²) in [4.78, 5) is 23.2. The number of carbonyl (C=O) groups excluding carboxylic acids is 2. The second kappa shape index (κ2) is 20.6. The second-order valence-corrected chi connectivity index (χ2v) is 11.8.